The zero-order valence-electron chi connectivity index (χ0n) is 15.2. The van der Waals surface area contributed by atoms with Crippen molar-refractivity contribution in [3.8, 4) is 11.4 Å². The average molecular weight is 405 g/mol. The molecule has 6 nitrogen and oxygen atoms in total. The highest BCUT2D eigenvalue weighted by Crippen LogP contribution is 2.35. The first-order chi connectivity index (χ1) is 12.7. The van der Waals surface area contributed by atoms with Crippen LogP contribution in [0.4, 0.5) is 5.82 Å². The Morgan fingerprint density at radius 3 is 2.85 bits per heavy atom. The molecule has 1 aliphatic heterocycles. The summed E-state index contributed by atoms with van der Waals surface area (Å²) in [6.07, 6.45) is 2.85. The fourth-order valence-corrected chi connectivity index (χ4v) is 4.76. The molecule has 1 saturated heterocycles. The summed E-state index contributed by atoms with van der Waals surface area (Å²) in [6, 6.07) is 6.61. The Labute approximate surface area is 165 Å². The van der Waals surface area contributed by atoms with Gasteiger partial charge in [-0.2, -0.15) is 0 Å². The normalized spacial score (nSPS) is 21.7. The maximum atomic E-state index is 12.7. The number of nitrogens with two attached hydrogens (primary N) is 1. The molecule has 8 heteroatoms. The van der Waals surface area contributed by atoms with Crippen molar-refractivity contribution in [3.05, 3.63) is 53.7 Å². The summed E-state index contributed by atoms with van der Waals surface area (Å²) in [5.74, 6) is 0.916. The number of benzene rings is 1. The van der Waals surface area contributed by atoms with Crippen molar-refractivity contribution in [2.45, 2.75) is 24.6 Å². The lowest BCUT2D eigenvalue weighted by atomic mass is 10.0. The Balaban J connectivity index is 2.07. The van der Waals surface area contributed by atoms with Crippen molar-refractivity contribution in [2.24, 2.45) is 0 Å². The minimum atomic E-state index is -1.10. The van der Waals surface area contributed by atoms with Crippen LogP contribution in [0, 0.1) is 0 Å². The molecule has 27 heavy (non-hydrogen) atoms. The molecule has 1 amide bonds. The quantitative estimate of drug-likeness (QED) is 0.794. The molecule has 2 unspecified atom stereocenters. The van der Waals surface area contributed by atoms with Gasteiger partial charge in [-0.1, -0.05) is 18.2 Å². The van der Waals surface area contributed by atoms with E-state index < -0.39 is 15.5 Å². The van der Waals surface area contributed by atoms with E-state index in [2.05, 4.69) is 16.5 Å². The highest BCUT2D eigenvalue weighted by molar-refractivity contribution is 7.86. The third-order valence-corrected chi connectivity index (χ3v) is 6.75. The van der Waals surface area contributed by atoms with Crippen molar-refractivity contribution in [3.63, 3.8) is 0 Å². The molecule has 1 aliphatic rings. The van der Waals surface area contributed by atoms with Crippen molar-refractivity contribution in [2.75, 3.05) is 18.0 Å². The smallest absolute Gasteiger partial charge is 0.246 e. The van der Waals surface area contributed by atoms with E-state index in [0.717, 1.165) is 5.56 Å². The van der Waals surface area contributed by atoms with Crippen molar-refractivity contribution in [1.82, 2.24) is 14.9 Å². The van der Waals surface area contributed by atoms with Gasteiger partial charge in [0.15, 0.2) is 5.82 Å². The first-order valence-electron chi connectivity index (χ1n) is 8.42. The largest absolute Gasteiger partial charge is 0.384 e. The second-order valence-corrected chi connectivity index (χ2v) is 9.60. The number of amides is 1. The number of anilines is 1. The third kappa shape index (κ3) is 4.04. The lowest BCUT2D eigenvalue weighted by Gasteiger charge is -2.43. The number of carbonyl (C=O) groups is 1. The molecule has 2 aromatic rings. The Morgan fingerprint density at radius 1 is 1.44 bits per heavy atom. The molecule has 1 fully saturated rings. The zero-order valence-corrected chi connectivity index (χ0v) is 16.8. The second kappa shape index (κ2) is 7.40. The Hall–Kier alpha value is -2.25. The fraction of sp³-hybridized carbons (Fsp3) is 0.316. The number of nitrogen functional groups attached to an aromatic ring is 1. The molecule has 0 spiro atoms. The van der Waals surface area contributed by atoms with Crippen molar-refractivity contribution >= 4 is 34.1 Å². The van der Waals surface area contributed by atoms with Crippen LogP contribution in [-0.4, -0.2) is 42.0 Å². The van der Waals surface area contributed by atoms with Crippen LogP contribution in [0.1, 0.15) is 25.5 Å². The van der Waals surface area contributed by atoms with Crippen LogP contribution in [0.5, 0.6) is 0 Å². The van der Waals surface area contributed by atoms with E-state index in [1.54, 1.807) is 29.3 Å². The van der Waals surface area contributed by atoms with Gasteiger partial charge in [0, 0.05) is 39.9 Å². The van der Waals surface area contributed by atoms with Gasteiger partial charge in [-0.3, -0.25) is 9.00 Å². The minimum Gasteiger partial charge on any atom is -0.384 e. The predicted molar refractivity (Wildman–Crippen MR) is 109 cm³/mol. The summed E-state index contributed by atoms with van der Waals surface area (Å²) < 4.78 is 12.2. The highest BCUT2D eigenvalue weighted by atomic mass is 35.5. The summed E-state index contributed by atoms with van der Waals surface area (Å²) in [5.41, 5.74) is 7.22. The molecular formula is C19H21ClN4O2S. The molecule has 142 valence electrons. The standard InChI is InChI=1S/C19H21ClN4O2S/c1-4-17(25)24-11-19(2,3)27(26)10-15(24)12-7-13(9-14(20)8-12)18-22-6-5-16(21)23-18/h4-9,15H,1,10-11H2,2-3H3,(H2,21,22,23). The van der Waals surface area contributed by atoms with Gasteiger partial charge < -0.3 is 10.6 Å². The first kappa shape index (κ1) is 19.5. The molecule has 0 aliphatic carbocycles. The van der Waals surface area contributed by atoms with Crippen LogP contribution in [-0.2, 0) is 15.6 Å². The van der Waals surface area contributed by atoms with Crippen molar-refractivity contribution in [1.29, 1.82) is 0 Å². The maximum Gasteiger partial charge on any atom is 0.246 e. The van der Waals surface area contributed by atoms with Crippen LogP contribution in [0.2, 0.25) is 5.02 Å². The molecule has 0 saturated carbocycles. The van der Waals surface area contributed by atoms with Crippen molar-refractivity contribution < 1.29 is 9.00 Å². The minimum absolute atomic E-state index is 0.202. The lowest BCUT2D eigenvalue weighted by molar-refractivity contribution is -0.128. The van der Waals surface area contributed by atoms with Gasteiger partial charge >= 0.3 is 0 Å². The molecule has 2 heterocycles. The number of carbonyl (C=O) groups excluding carboxylic acids is 1. The van der Waals surface area contributed by atoms with Crippen LogP contribution >= 0.6 is 11.6 Å². The van der Waals surface area contributed by atoms with Gasteiger partial charge in [0.25, 0.3) is 0 Å². The molecule has 1 aromatic heterocycles. The zero-order chi connectivity index (χ0) is 19.8. The number of nitrogens with zero attached hydrogens (tertiary/aromatic N) is 3. The number of hydrogen-bond acceptors (Lipinski definition) is 5. The molecule has 2 atom stereocenters. The predicted octanol–water partition coefficient (Wildman–Crippen LogP) is 2.98. The topological polar surface area (TPSA) is 89.2 Å². The summed E-state index contributed by atoms with van der Waals surface area (Å²) in [5, 5.41) is 0.482. The summed E-state index contributed by atoms with van der Waals surface area (Å²) in [6.45, 7) is 7.75. The molecule has 2 N–H and O–H groups in total. The van der Waals surface area contributed by atoms with Gasteiger partial charge in [0.1, 0.15) is 5.82 Å². The lowest BCUT2D eigenvalue weighted by Crippen LogP contribution is -2.53. The Bertz CT molecular complexity index is 932. The molecular weight excluding hydrogens is 384 g/mol. The third-order valence-electron chi connectivity index (χ3n) is 4.55. The van der Waals surface area contributed by atoms with E-state index in [9.17, 15) is 9.00 Å². The maximum absolute atomic E-state index is 12.7. The van der Waals surface area contributed by atoms with E-state index in [1.165, 1.54) is 6.08 Å². The number of halogens is 1. The second-order valence-electron chi connectivity index (χ2n) is 7.04. The summed E-state index contributed by atoms with van der Waals surface area (Å²) in [7, 11) is -1.10. The van der Waals surface area contributed by atoms with Crippen LogP contribution < -0.4 is 5.73 Å². The SMILES string of the molecule is C=CC(=O)N1CC(C)(C)S(=O)CC1c1cc(Cl)cc(-c2nccc(N)n2)c1. The van der Waals surface area contributed by atoms with Gasteiger partial charge in [0.05, 0.1) is 10.8 Å². The highest BCUT2D eigenvalue weighted by Gasteiger charge is 2.41. The van der Waals surface area contributed by atoms with E-state index in [4.69, 9.17) is 17.3 Å². The van der Waals surface area contributed by atoms with E-state index in [-0.39, 0.29) is 11.9 Å². The molecule has 3 rings (SSSR count). The van der Waals surface area contributed by atoms with E-state index >= 15 is 0 Å². The van der Waals surface area contributed by atoms with Gasteiger partial charge in [0.2, 0.25) is 5.91 Å². The fourth-order valence-electron chi connectivity index (χ4n) is 3.12. The molecule has 1 aromatic carbocycles. The number of rotatable bonds is 3. The van der Waals surface area contributed by atoms with Crippen LogP contribution in [0.25, 0.3) is 11.4 Å². The first-order valence-corrected chi connectivity index (χ1v) is 10.1. The molecule has 0 bridgehead atoms. The summed E-state index contributed by atoms with van der Waals surface area (Å²) in [4.78, 5) is 22.6. The number of aromatic nitrogens is 2. The average Bonchev–Trinajstić information content (AvgIpc) is 2.62. The Kier molecular flexibility index (Phi) is 5.35. The monoisotopic (exact) mass is 404 g/mol. The van der Waals surface area contributed by atoms with Crippen LogP contribution in [0.3, 0.4) is 0 Å². The van der Waals surface area contributed by atoms with E-state index in [0.29, 0.717) is 34.5 Å². The van der Waals surface area contributed by atoms with Gasteiger partial charge in [-0.25, -0.2) is 9.97 Å². The molecule has 0 radical (unpaired) electrons. The number of hydrogen-bond donors (Lipinski definition) is 1. The van der Waals surface area contributed by atoms with E-state index in [1.807, 2.05) is 19.9 Å². The van der Waals surface area contributed by atoms with Gasteiger partial charge in [-0.05, 0) is 49.8 Å². The van der Waals surface area contributed by atoms with Gasteiger partial charge in [-0.15, -0.1) is 0 Å². The van der Waals surface area contributed by atoms with Crippen LogP contribution in [0.15, 0.2) is 43.1 Å². The Morgan fingerprint density at radius 2 is 2.19 bits per heavy atom. The summed E-state index contributed by atoms with van der Waals surface area (Å²) >= 11 is 6.33.